The van der Waals surface area contributed by atoms with E-state index >= 15 is 0 Å². The molecule has 3 nitrogen and oxygen atoms in total. The molecule has 17 heavy (non-hydrogen) atoms. The zero-order chi connectivity index (χ0) is 12.0. The van der Waals surface area contributed by atoms with Gasteiger partial charge in [-0.3, -0.25) is 0 Å². The van der Waals surface area contributed by atoms with E-state index in [9.17, 15) is 0 Å². The van der Waals surface area contributed by atoms with Crippen LogP contribution in [0.5, 0.6) is 0 Å². The Bertz CT molecular complexity index is 559. The highest BCUT2D eigenvalue weighted by Crippen LogP contribution is 2.31. The Morgan fingerprint density at radius 3 is 2.88 bits per heavy atom. The first-order chi connectivity index (χ1) is 8.15. The maximum atomic E-state index is 5.93. The van der Waals surface area contributed by atoms with Gasteiger partial charge in [-0.15, -0.1) is 0 Å². The molecule has 2 atom stereocenters. The molecule has 3 rings (SSSR count). The Balaban J connectivity index is 2.10. The molecule has 2 aromatic rings. The zero-order valence-electron chi connectivity index (χ0n) is 10.6. The lowest BCUT2D eigenvalue weighted by Gasteiger charge is -2.10. The number of aromatic nitrogens is 1. The van der Waals surface area contributed by atoms with Crippen LogP contribution in [0.15, 0.2) is 16.5 Å². The highest BCUT2D eigenvalue weighted by molar-refractivity contribution is 5.77. The lowest BCUT2D eigenvalue weighted by molar-refractivity contribution is 0.393. The summed E-state index contributed by atoms with van der Waals surface area (Å²) in [5.74, 6) is 1.45. The number of benzene rings is 1. The van der Waals surface area contributed by atoms with Crippen molar-refractivity contribution in [3.63, 3.8) is 0 Å². The van der Waals surface area contributed by atoms with Gasteiger partial charge in [-0.1, -0.05) is 13.0 Å². The number of hydrogen-bond acceptors (Lipinski definition) is 3. The molecule has 1 saturated heterocycles. The highest BCUT2D eigenvalue weighted by Gasteiger charge is 2.28. The van der Waals surface area contributed by atoms with Crippen molar-refractivity contribution in [1.29, 1.82) is 0 Å². The molecule has 0 amide bonds. The van der Waals surface area contributed by atoms with Gasteiger partial charge in [0, 0.05) is 0 Å². The number of rotatable bonds is 1. The van der Waals surface area contributed by atoms with Crippen LogP contribution >= 0.6 is 0 Å². The van der Waals surface area contributed by atoms with Gasteiger partial charge in [-0.05, 0) is 49.9 Å². The molecule has 0 saturated carbocycles. The molecule has 1 aliphatic heterocycles. The summed E-state index contributed by atoms with van der Waals surface area (Å²) in [5, 5.41) is 3.46. The number of aryl methyl sites for hydroxylation is 2. The molecule has 2 unspecified atom stereocenters. The summed E-state index contributed by atoms with van der Waals surface area (Å²) in [6.45, 7) is 7.48. The predicted octanol–water partition coefficient (Wildman–Crippen LogP) is 3.12. The number of nitrogens with zero attached hydrogens (tertiary/aromatic N) is 1. The monoisotopic (exact) mass is 230 g/mol. The first-order valence-corrected chi connectivity index (χ1v) is 6.26. The van der Waals surface area contributed by atoms with Crippen molar-refractivity contribution < 1.29 is 4.42 Å². The van der Waals surface area contributed by atoms with Crippen LogP contribution in [0.4, 0.5) is 0 Å². The average Bonchev–Trinajstić information content (AvgIpc) is 2.83. The van der Waals surface area contributed by atoms with Crippen LogP contribution in [-0.2, 0) is 0 Å². The van der Waals surface area contributed by atoms with E-state index in [1.807, 2.05) is 0 Å². The van der Waals surface area contributed by atoms with Gasteiger partial charge in [0.25, 0.3) is 0 Å². The van der Waals surface area contributed by atoms with Gasteiger partial charge in [0.15, 0.2) is 5.58 Å². The topological polar surface area (TPSA) is 38.1 Å². The van der Waals surface area contributed by atoms with Crippen molar-refractivity contribution >= 4 is 11.1 Å². The Morgan fingerprint density at radius 1 is 1.35 bits per heavy atom. The first-order valence-electron chi connectivity index (χ1n) is 6.26. The van der Waals surface area contributed by atoms with Crippen LogP contribution in [0.25, 0.3) is 11.1 Å². The standard InChI is InChI=1S/C14H18N2O/c1-8-6-10(3)13-11(7-8)16-14(17-13)12-9(2)4-5-15-12/h6-7,9,12,15H,4-5H2,1-3H3. The minimum absolute atomic E-state index is 0.280. The fourth-order valence-electron chi connectivity index (χ4n) is 2.69. The third-order valence-electron chi connectivity index (χ3n) is 3.64. The molecule has 2 heterocycles. The molecule has 1 fully saturated rings. The predicted molar refractivity (Wildman–Crippen MR) is 68.0 cm³/mol. The molecule has 0 radical (unpaired) electrons. The Kier molecular flexibility index (Phi) is 2.44. The third kappa shape index (κ3) is 1.75. The van der Waals surface area contributed by atoms with Crippen LogP contribution in [0.1, 0.15) is 36.4 Å². The maximum Gasteiger partial charge on any atom is 0.212 e. The third-order valence-corrected chi connectivity index (χ3v) is 3.64. The van der Waals surface area contributed by atoms with Gasteiger partial charge in [0.05, 0.1) is 6.04 Å². The molecule has 0 spiro atoms. The smallest absolute Gasteiger partial charge is 0.212 e. The second-order valence-electron chi connectivity index (χ2n) is 5.18. The largest absolute Gasteiger partial charge is 0.439 e. The fraction of sp³-hybridized carbons (Fsp3) is 0.500. The van der Waals surface area contributed by atoms with E-state index in [2.05, 4.69) is 43.2 Å². The molecule has 90 valence electrons. The van der Waals surface area contributed by atoms with E-state index in [0.29, 0.717) is 5.92 Å². The summed E-state index contributed by atoms with van der Waals surface area (Å²) in [5.41, 5.74) is 4.33. The van der Waals surface area contributed by atoms with Crippen molar-refractivity contribution in [1.82, 2.24) is 10.3 Å². The maximum absolute atomic E-state index is 5.93. The molecule has 1 aromatic heterocycles. The normalized spacial score (nSPS) is 24.6. The Hall–Kier alpha value is -1.35. The Morgan fingerprint density at radius 2 is 2.18 bits per heavy atom. The summed E-state index contributed by atoms with van der Waals surface area (Å²) in [4.78, 5) is 4.64. The second-order valence-corrected chi connectivity index (χ2v) is 5.18. The summed E-state index contributed by atoms with van der Waals surface area (Å²) in [7, 11) is 0. The summed E-state index contributed by atoms with van der Waals surface area (Å²) < 4.78 is 5.93. The van der Waals surface area contributed by atoms with Crippen molar-refractivity contribution in [2.75, 3.05) is 6.54 Å². The van der Waals surface area contributed by atoms with E-state index in [1.54, 1.807) is 0 Å². The quantitative estimate of drug-likeness (QED) is 0.818. The first kappa shape index (κ1) is 10.8. The highest BCUT2D eigenvalue weighted by atomic mass is 16.3. The molecular weight excluding hydrogens is 212 g/mol. The van der Waals surface area contributed by atoms with Crippen LogP contribution in [0.3, 0.4) is 0 Å². The second kappa shape index (κ2) is 3.84. The van der Waals surface area contributed by atoms with E-state index in [-0.39, 0.29) is 6.04 Å². The van der Waals surface area contributed by atoms with Crippen molar-refractivity contribution in [3.8, 4) is 0 Å². The summed E-state index contributed by atoms with van der Waals surface area (Å²) in [6.07, 6.45) is 1.20. The van der Waals surface area contributed by atoms with E-state index in [0.717, 1.165) is 23.5 Å². The van der Waals surface area contributed by atoms with Gasteiger partial charge in [0.2, 0.25) is 5.89 Å². The lowest BCUT2D eigenvalue weighted by atomic mass is 10.0. The van der Waals surface area contributed by atoms with Gasteiger partial charge in [-0.2, -0.15) is 0 Å². The van der Waals surface area contributed by atoms with Crippen LogP contribution in [-0.4, -0.2) is 11.5 Å². The Labute approximate surface area is 101 Å². The van der Waals surface area contributed by atoms with Crippen LogP contribution in [0, 0.1) is 19.8 Å². The van der Waals surface area contributed by atoms with Gasteiger partial charge in [-0.25, -0.2) is 4.98 Å². The lowest BCUT2D eigenvalue weighted by Crippen LogP contribution is -2.16. The van der Waals surface area contributed by atoms with Crippen LogP contribution < -0.4 is 5.32 Å². The van der Waals surface area contributed by atoms with Gasteiger partial charge >= 0.3 is 0 Å². The van der Waals surface area contributed by atoms with E-state index < -0.39 is 0 Å². The minimum atomic E-state index is 0.280. The molecule has 1 aliphatic rings. The molecular formula is C14H18N2O. The van der Waals surface area contributed by atoms with Crippen molar-refractivity contribution in [3.05, 3.63) is 29.2 Å². The average molecular weight is 230 g/mol. The zero-order valence-corrected chi connectivity index (χ0v) is 10.6. The summed E-state index contributed by atoms with van der Waals surface area (Å²) in [6, 6.07) is 4.51. The van der Waals surface area contributed by atoms with E-state index in [4.69, 9.17) is 4.42 Å². The SMILES string of the molecule is Cc1cc(C)c2oc(C3NCCC3C)nc2c1. The van der Waals surface area contributed by atoms with E-state index in [1.165, 1.54) is 17.5 Å². The number of oxazole rings is 1. The van der Waals surface area contributed by atoms with Crippen molar-refractivity contribution in [2.24, 2.45) is 5.92 Å². The van der Waals surface area contributed by atoms with Crippen molar-refractivity contribution in [2.45, 2.75) is 33.2 Å². The molecule has 1 N–H and O–H groups in total. The number of fused-ring (bicyclic) bond motifs is 1. The number of hydrogen-bond donors (Lipinski definition) is 1. The number of nitrogens with one attached hydrogen (secondary N) is 1. The molecule has 0 bridgehead atoms. The molecule has 1 aromatic carbocycles. The minimum Gasteiger partial charge on any atom is -0.439 e. The van der Waals surface area contributed by atoms with Gasteiger partial charge in [0.1, 0.15) is 5.52 Å². The van der Waals surface area contributed by atoms with Crippen LogP contribution in [0.2, 0.25) is 0 Å². The molecule has 3 heteroatoms. The molecule has 0 aliphatic carbocycles. The fourth-order valence-corrected chi connectivity index (χ4v) is 2.69. The summed E-state index contributed by atoms with van der Waals surface area (Å²) >= 11 is 0. The van der Waals surface area contributed by atoms with Gasteiger partial charge < -0.3 is 9.73 Å².